The van der Waals surface area contributed by atoms with Gasteiger partial charge >= 0.3 is 0 Å². The van der Waals surface area contributed by atoms with E-state index in [-0.39, 0.29) is 24.4 Å². The predicted molar refractivity (Wildman–Crippen MR) is 90.6 cm³/mol. The van der Waals surface area contributed by atoms with Gasteiger partial charge in [0, 0.05) is 18.2 Å². The molecular formula is C15H22Cl2N4O. The Morgan fingerprint density at radius 3 is 2.82 bits per heavy atom. The van der Waals surface area contributed by atoms with Crippen LogP contribution in [0.25, 0.3) is 0 Å². The molecule has 1 aromatic rings. The molecule has 0 radical (unpaired) electrons. The second-order valence-electron chi connectivity index (χ2n) is 6.70. The van der Waals surface area contributed by atoms with E-state index in [4.69, 9.17) is 11.6 Å². The third-order valence-corrected chi connectivity index (χ3v) is 4.62. The Balaban J connectivity index is 0.00000176. The van der Waals surface area contributed by atoms with Crippen molar-refractivity contribution in [1.29, 1.82) is 0 Å². The van der Waals surface area contributed by atoms with Crippen LogP contribution in [0, 0.1) is 5.41 Å². The molecule has 122 valence electrons. The van der Waals surface area contributed by atoms with Crippen molar-refractivity contribution < 1.29 is 4.79 Å². The van der Waals surface area contributed by atoms with Crippen molar-refractivity contribution in [3.8, 4) is 0 Å². The number of hydrogen-bond donors (Lipinski definition) is 2. The van der Waals surface area contributed by atoms with E-state index in [1.807, 2.05) is 25.1 Å². The Bertz CT molecular complexity index is 581. The van der Waals surface area contributed by atoms with Gasteiger partial charge in [0.2, 0.25) is 5.91 Å². The van der Waals surface area contributed by atoms with E-state index in [1.165, 1.54) is 6.42 Å². The summed E-state index contributed by atoms with van der Waals surface area (Å²) in [7, 11) is 3.96. The number of piperidine rings is 1. The van der Waals surface area contributed by atoms with Gasteiger partial charge in [0.1, 0.15) is 11.0 Å². The number of carbonyl (C=O) groups is 1. The highest BCUT2D eigenvalue weighted by Crippen LogP contribution is 2.53. The number of halogens is 2. The molecule has 2 heterocycles. The highest BCUT2D eigenvalue weighted by atomic mass is 35.5. The third kappa shape index (κ3) is 3.54. The fourth-order valence-electron chi connectivity index (χ4n) is 3.07. The lowest BCUT2D eigenvalue weighted by atomic mass is 10.0. The van der Waals surface area contributed by atoms with Crippen LogP contribution in [0.4, 0.5) is 5.82 Å². The van der Waals surface area contributed by atoms with E-state index in [0.29, 0.717) is 29.0 Å². The molecule has 3 unspecified atom stereocenters. The van der Waals surface area contributed by atoms with Crippen LogP contribution in [0.3, 0.4) is 0 Å². The molecule has 22 heavy (non-hydrogen) atoms. The summed E-state index contributed by atoms with van der Waals surface area (Å²) in [4.78, 5) is 18.7. The molecule has 1 aliphatic carbocycles. The van der Waals surface area contributed by atoms with Crippen LogP contribution in [0.1, 0.15) is 25.3 Å². The zero-order valence-electron chi connectivity index (χ0n) is 13.0. The van der Waals surface area contributed by atoms with Gasteiger partial charge in [-0.05, 0) is 38.4 Å². The van der Waals surface area contributed by atoms with E-state index in [2.05, 4.69) is 22.5 Å². The number of fused-ring (bicyclic) bond motifs is 1. The molecule has 2 N–H and O–H groups in total. The van der Waals surface area contributed by atoms with Crippen molar-refractivity contribution in [2.75, 3.05) is 19.4 Å². The molecule has 1 saturated carbocycles. The van der Waals surface area contributed by atoms with Gasteiger partial charge in [-0.2, -0.15) is 0 Å². The lowest BCUT2D eigenvalue weighted by Gasteiger charge is -2.17. The standard InChI is InChI=1S/C15H21ClN4O.ClH/c1-15-6-10(17-11(15)7-15)14(21)19-13-9(8-20(2)3)4-5-12(16)18-13;/h4-5,10-11,17H,6-8H2,1-3H3,(H,18,19,21);1H. The number of carbonyl (C=O) groups excluding carboxylic acids is 1. The van der Waals surface area contributed by atoms with Crippen molar-refractivity contribution in [3.63, 3.8) is 0 Å². The number of nitrogens with one attached hydrogen (secondary N) is 2. The van der Waals surface area contributed by atoms with E-state index in [9.17, 15) is 4.79 Å². The van der Waals surface area contributed by atoms with Gasteiger partial charge in [-0.3, -0.25) is 4.79 Å². The summed E-state index contributed by atoms with van der Waals surface area (Å²) in [5.74, 6) is 0.548. The summed E-state index contributed by atoms with van der Waals surface area (Å²) >= 11 is 5.96. The van der Waals surface area contributed by atoms with Crippen molar-refractivity contribution in [2.24, 2.45) is 5.41 Å². The van der Waals surface area contributed by atoms with Gasteiger partial charge in [0.25, 0.3) is 0 Å². The zero-order valence-corrected chi connectivity index (χ0v) is 14.6. The molecule has 2 aliphatic rings. The van der Waals surface area contributed by atoms with Crippen LogP contribution in [0.2, 0.25) is 5.15 Å². The lowest BCUT2D eigenvalue weighted by molar-refractivity contribution is -0.118. The Labute approximate surface area is 142 Å². The molecule has 5 nitrogen and oxygen atoms in total. The first-order valence-corrected chi connectivity index (χ1v) is 7.62. The second kappa shape index (κ2) is 6.32. The van der Waals surface area contributed by atoms with Crippen LogP contribution in [0.15, 0.2) is 12.1 Å². The molecular weight excluding hydrogens is 323 g/mol. The normalized spacial score (nSPS) is 29.0. The largest absolute Gasteiger partial charge is 0.309 e. The summed E-state index contributed by atoms with van der Waals surface area (Å²) in [6.45, 7) is 2.94. The second-order valence-corrected chi connectivity index (χ2v) is 7.09. The minimum atomic E-state index is -0.123. The Kier molecular flexibility index (Phi) is 5.02. The summed E-state index contributed by atoms with van der Waals surface area (Å²) in [6, 6.07) is 4.04. The number of anilines is 1. The minimum Gasteiger partial charge on any atom is -0.309 e. The highest BCUT2D eigenvalue weighted by molar-refractivity contribution is 6.29. The van der Waals surface area contributed by atoms with Crippen LogP contribution >= 0.6 is 24.0 Å². The maximum absolute atomic E-state index is 12.4. The van der Waals surface area contributed by atoms with Crippen molar-refractivity contribution in [3.05, 3.63) is 22.8 Å². The molecule has 2 fully saturated rings. The Morgan fingerprint density at radius 1 is 1.50 bits per heavy atom. The minimum absolute atomic E-state index is 0. The van der Waals surface area contributed by atoms with Gasteiger partial charge in [0.05, 0.1) is 6.04 Å². The zero-order chi connectivity index (χ0) is 15.2. The van der Waals surface area contributed by atoms with E-state index >= 15 is 0 Å². The maximum atomic E-state index is 12.4. The van der Waals surface area contributed by atoms with Crippen molar-refractivity contribution in [1.82, 2.24) is 15.2 Å². The molecule has 0 aromatic carbocycles. The molecule has 1 saturated heterocycles. The number of aromatic nitrogens is 1. The average molecular weight is 345 g/mol. The maximum Gasteiger partial charge on any atom is 0.242 e. The van der Waals surface area contributed by atoms with Crippen LogP contribution in [0.5, 0.6) is 0 Å². The quantitative estimate of drug-likeness (QED) is 0.823. The number of nitrogens with zero attached hydrogens (tertiary/aromatic N) is 2. The average Bonchev–Trinajstić information content (AvgIpc) is 2.90. The Morgan fingerprint density at radius 2 is 2.23 bits per heavy atom. The molecule has 0 bridgehead atoms. The molecule has 0 spiro atoms. The topological polar surface area (TPSA) is 57.3 Å². The van der Waals surface area contributed by atoms with Crippen LogP contribution in [-0.2, 0) is 11.3 Å². The summed E-state index contributed by atoms with van der Waals surface area (Å²) in [6.07, 6.45) is 2.07. The number of rotatable bonds is 4. The Hall–Kier alpha value is -0.880. The summed E-state index contributed by atoms with van der Waals surface area (Å²) in [5, 5.41) is 6.70. The summed E-state index contributed by atoms with van der Waals surface area (Å²) in [5.41, 5.74) is 1.28. The first kappa shape index (κ1) is 17.5. The SMILES string of the molecule is CN(C)Cc1ccc(Cl)nc1NC(=O)C1CC2(C)CC2N1.Cl. The smallest absolute Gasteiger partial charge is 0.242 e. The molecule has 1 aliphatic heterocycles. The van der Waals surface area contributed by atoms with E-state index in [0.717, 1.165) is 12.0 Å². The molecule has 3 atom stereocenters. The molecule has 1 aromatic heterocycles. The number of amides is 1. The lowest BCUT2D eigenvalue weighted by Crippen LogP contribution is -2.38. The number of hydrogen-bond acceptors (Lipinski definition) is 4. The van der Waals surface area contributed by atoms with Crippen molar-refractivity contribution in [2.45, 2.75) is 38.4 Å². The molecule has 7 heteroatoms. The van der Waals surface area contributed by atoms with Gasteiger partial charge in [-0.1, -0.05) is 24.6 Å². The van der Waals surface area contributed by atoms with Crippen LogP contribution < -0.4 is 10.6 Å². The molecule has 1 amide bonds. The first-order valence-electron chi connectivity index (χ1n) is 7.24. The third-order valence-electron chi connectivity index (χ3n) is 4.41. The van der Waals surface area contributed by atoms with E-state index < -0.39 is 0 Å². The highest BCUT2D eigenvalue weighted by Gasteiger charge is 2.58. The van der Waals surface area contributed by atoms with E-state index in [1.54, 1.807) is 6.07 Å². The van der Waals surface area contributed by atoms with Gasteiger partial charge in [-0.25, -0.2) is 4.98 Å². The van der Waals surface area contributed by atoms with Gasteiger partial charge < -0.3 is 15.5 Å². The van der Waals surface area contributed by atoms with Crippen LogP contribution in [-0.4, -0.2) is 42.0 Å². The number of pyridine rings is 1. The first-order chi connectivity index (χ1) is 9.87. The monoisotopic (exact) mass is 344 g/mol. The van der Waals surface area contributed by atoms with Gasteiger partial charge in [0.15, 0.2) is 0 Å². The molecule has 3 rings (SSSR count). The predicted octanol–water partition coefficient (Wildman–Crippen LogP) is 2.30. The van der Waals surface area contributed by atoms with Crippen molar-refractivity contribution >= 4 is 35.7 Å². The fraction of sp³-hybridized carbons (Fsp3) is 0.600. The summed E-state index contributed by atoms with van der Waals surface area (Å²) < 4.78 is 0. The van der Waals surface area contributed by atoms with Gasteiger partial charge in [-0.15, -0.1) is 12.4 Å². The fourth-order valence-corrected chi connectivity index (χ4v) is 3.22.